The molecule has 1 saturated carbocycles. The average Bonchev–Trinajstić information content (AvgIpc) is 3.20. The number of aryl methyl sites for hydroxylation is 2. The normalized spacial score (nSPS) is 18.2. The Kier molecular flexibility index (Phi) is 6.71. The van der Waals surface area contributed by atoms with E-state index in [1.807, 2.05) is 50.2 Å². The molecular weight excluding hydrogens is 454 g/mol. The Bertz CT molecular complexity index is 1410. The first-order chi connectivity index (χ1) is 17.3. The number of fused-ring (bicyclic) bond motifs is 2. The van der Waals surface area contributed by atoms with Crippen molar-refractivity contribution < 1.29 is 23.8 Å². The molecule has 1 aliphatic carbocycles. The van der Waals surface area contributed by atoms with E-state index in [1.165, 1.54) is 0 Å². The van der Waals surface area contributed by atoms with Gasteiger partial charge in [0.2, 0.25) is 0 Å². The molecule has 188 valence electrons. The standard InChI is InChI=1S/C30H33NO5/c1-17(2)35-21-12-10-20(11-13-21)16-34-26-14-9-18(3)28-27(26)23(30(32)33)15-24(31-28)29-19(4)22-7-5-6-8-25(22)36-29/h5-9,14-15,17,20-21H,10-13,16H2,1-4H3,(H,32,33). The third kappa shape index (κ3) is 4.70. The first-order valence-corrected chi connectivity index (χ1v) is 12.8. The van der Waals surface area contributed by atoms with Crippen LogP contribution in [0.2, 0.25) is 0 Å². The predicted molar refractivity (Wildman–Crippen MR) is 141 cm³/mol. The van der Waals surface area contributed by atoms with E-state index in [4.69, 9.17) is 18.9 Å². The van der Waals surface area contributed by atoms with Gasteiger partial charge in [-0.25, -0.2) is 9.78 Å². The van der Waals surface area contributed by atoms with Crippen LogP contribution in [0.5, 0.6) is 5.75 Å². The van der Waals surface area contributed by atoms with Crippen molar-refractivity contribution in [3.63, 3.8) is 0 Å². The highest BCUT2D eigenvalue weighted by Gasteiger charge is 2.25. The lowest BCUT2D eigenvalue weighted by Crippen LogP contribution is -2.27. The number of carbonyl (C=O) groups is 1. The zero-order valence-corrected chi connectivity index (χ0v) is 21.3. The summed E-state index contributed by atoms with van der Waals surface area (Å²) in [5.41, 5.74) is 3.89. The lowest BCUT2D eigenvalue weighted by Gasteiger charge is -2.29. The van der Waals surface area contributed by atoms with E-state index in [9.17, 15) is 9.90 Å². The van der Waals surface area contributed by atoms with E-state index in [2.05, 4.69) is 13.8 Å². The Morgan fingerprint density at radius 3 is 2.56 bits per heavy atom. The number of ether oxygens (including phenoxy) is 2. The molecule has 0 spiro atoms. The molecule has 2 heterocycles. The van der Waals surface area contributed by atoms with Crippen molar-refractivity contribution >= 4 is 27.8 Å². The summed E-state index contributed by atoms with van der Waals surface area (Å²) in [6.45, 7) is 8.62. The Labute approximate surface area is 211 Å². The molecule has 1 fully saturated rings. The Balaban J connectivity index is 1.47. The summed E-state index contributed by atoms with van der Waals surface area (Å²) < 4.78 is 18.3. The summed E-state index contributed by atoms with van der Waals surface area (Å²) >= 11 is 0. The van der Waals surface area contributed by atoms with Crippen molar-refractivity contribution in [3.05, 3.63) is 59.2 Å². The van der Waals surface area contributed by atoms with Crippen molar-refractivity contribution in [2.75, 3.05) is 6.61 Å². The predicted octanol–water partition coefficient (Wildman–Crippen LogP) is 7.33. The maximum atomic E-state index is 12.4. The van der Waals surface area contributed by atoms with Crippen LogP contribution in [0.1, 0.15) is 61.0 Å². The number of aromatic carboxylic acids is 1. The van der Waals surface area contributed by atoms with Gasteiger partial charge in [-0.15, -0.1) is 0 Å². The second-order valence-corrected chi connectivity index (χ2v) is 10.2. The van der Waals surface area contributed by atoms with Gasteiger partial charge in [0, 0.05) is 10.9 Å². The molecule has 0 amide bonds. The van der Waals surface area contributed by atoms with E-state index in [-0.39, 0.29) is 11.7 Å². The molecule has 0 unspecified atom stereocenters. The average molecular weight is 488 g/mol. The summed E-state index contributed by atoms with van der Waals surface area (Å²) in [7, 11) is 0. The second kappa shape index (κ2) is 9.94. The molecule has 2 aromatic heterocycles. The van der Waals surface area contributed by atoms with E-state index < -0.39 is 5.97 Å². The number of aromatic nitrogens is 1. The fraction of sp³-hybridized carbons (Fsp3) is 0.400. The number of carboxylic acid groups (broad SMARTS) is 1. The van der Waals surface area contributed by atoms with E-state index in [1.54, 1.807) is 6.07 Å². The lowest BCUT2D eigenvalue weighted by atomic mass is 9.88. The molecule has 0 aliphatic heterocycles. The fourth-order valence-electron chi connectivity index (χ4n) is 5.29. The van der Waals surface area contributed by atoms with Crippen LogP contribution in [0, 0.1) is 19.8 Å². The van der Waals surface area contributed by atoms with Crippen molar-refractivity contribution in [3.8, 4) is 17.2 Å². The first-order valence-electron chi connectivity index (χ1n) is 12.8. The van der Waals surface area contributed by atoms with Gasteiger partial charge in [0.15, 0.2) is 5.76 Å². The highest BCUT2D eigenvalue weighted by molar-refractivity contribution is 6.07. The van der Waals surface area contributed by atoms with Crippen LogP contribution in [0.4, 0.5) is 0 Å². The van der Waals surface area contributed by atoms with Gasteiger partial charge < -0.3 is 19.0 Å². The van der Waals surface area contributed by atoms with Gasteiger partial charge in [-0.3, -0.25) is 0 Å². The van der Waals surface area contributed by atoms with Gasteiger partial charge in [-0.05, 0) is 83.1 Å². The largest absolute Gasteiger partial charge is 0.493 e. The maximum Gasteiger partial charge on any atom is 0.336 e. The van der Waals surface area contributed by atoms with Crippen molar-refractivity contribution in [2.45, 2.75) is 65.6 Å². The van der Waals surface area contributed by atoms with E-state index in [0.717, 1.165) is 47.8 Å². The van der Waals surface area contributed by atoms with Crippen LogP contribution < -0.4 is 4.74 Å². The van der Waals surface area contributed by atoms with Crippen LogP contribution in [-0.2, 0) is 4.74 Å². The highest BCUT2D eigenvalue weighted by Crippen LogP contribution is 2.38. The number of carboxylic acids is 1. The number of nitrogens with zero attached hydrogens (tertiary/aromatic N) is 1. The van der Waals surface area contributed by atoms with Gasteiger partial charge >= 0.3 is 5.97 Å². The van der Waals surface area contributed by atoms with Crippen LogP contribution in [0.15, 0.2) is 46.9 Å². The summed E-state index contributed by atoms with van der Waals surface area (Å²) in [6, 6.07) is 13.2. The first kappa shape index (κ1) is 24.3. The van der Waals surface area contributed by atoms with Gasteiger partial charge in [0.05, 0.1) is 35.3 Å². The molecule has 1 N–H and O–H groups in total. The number of para-hydroxylation sites is 1. The molecule has 36 heavy (non-hydrogen) atoms. The zero-order chi connectivity index (χ0) is 25.4. The molecule has 0 atom stereocenters. The highest BCUT2D eigenvalue weighted by atomic mass is 16.5. The fourth-order valence-corrected chi connectivity index (χ4v) is 5.29. The molecule has 6 heteroatoms. The number of furan rings is 1. The number of rotatable bonds is 7. The Hall–Kier alpha value is -3.38. The molecule has 1 aliphatic rings. The summed E-state index contributed by atoms with van der Waals surface area (Å²) in [6.07, 6.45) is 4.72. The third-order valence-corrected chi connectivity index (χ3v) is 7.16. The number of benzene rings is 2. The molecule has 2 aromatic carbocycles. The van der Waals surface area contributed by atoms with Crippen molar-refractivity contribution in [1.29, 1.82) is 0 Å². The van der Waals surface area contributed by atoms with Gasteiger partial charge in [0.1, 0.15) is 17.0 Å². The number of pyridine rings is 1. The van der Waals surface area contributed by atoms with Gasteiger partial charge in [-0.2, -0.15) is 0 Å². The van der Waals surface area contributed by atoms with E-state index in [0.29, 0.717) is 46.7 Å². The van der Waals surface area contributed by atoms with Crippen molar-refractivity contribution in [1.82, 2.24) is 4.98 Å². The third-order valence-electron chi connectivity index (χ3n) is 7.16. The number of hydrogen-bond donors (Lipinski definition) is 1. The minimum atomic E-state index is -1.01. The van der Waals surface area contributed by atoms with Gasteiger partial charge in [-0.1, -0.05) is 24.3 Å². The van der Waals surface area contributed by atoms with Crippen LogP contribution in [-0.4, -0.2) is 34.9 Å². The molecule has 4 aromatic rings. The van der Waals surface area contributed by atoms with Crippen LogP contribution in [0.25, 0.3) is 33.3 Å². The summed E-state index contributed by atoms with van der Waals surface area (Å²) in [4.78, 5) is 17.3. The smallest absolute Gasteiger partial charge is 0.336 e. The summed E-state index contributed by atoms with van der Waals surface area (Å²) in [5.74, 6) is 0.562. The maximum absolute atomic E-state index is 12.4. The second-order valence-electron chi connectivity index (χ2n) is 10.2. The SMILES string of the molecule is Cc1c(-c2cc(C(=O)O)c3c(OCC4CCC(OC(C)C)CC4)ccc(C)c3n2)oc2ccccc12. The van der Waals surface area contributed by atoms with Crippen molar-refractivity contribution in [2.24, 2.45) is 5.92 Å². The monoisotopic (exact) mass is 487 g/mol. The Morgan fingerprint density at radius 2 is 1.86 bits per heavy atom. The molecule has 0 bridgehead atoms. The lowest BCUT2D eigenvalue weighted by molar-refractivity contribution is -0.0228. The molecule has 0 radical (unpaired) electrons. The van der Waals surface area contributed by atoms with Crippen LogP contribution in [0.3, 0.4) is 0 Å². The molecule has 5 rings (SSSR count). The molecular formula is C30H33NO5. The number of hydrogen-bond acceptors (Lipinski definition) is 5. The molecule has 0 saturated heterocycles. The minimum Gasteiger partial charge on any atom is -0.493 e. The minimum absolute atomic E-state index is 0.169. The quantitative estimate of drug-likeness (QED) is 0.294. The topological polar surface area (TPSA) is 81.8 Å². The Morgan fingerprint density at radius 1 is 1.11 bits per heavy atom. The zero-order valence-electron chi connectivity index (χ0n) is 21.3. The summed E-state index contributed by atoms with van der Waals surface area (Å²) in [5, 5.41) is 11.7. The van der Waals surface area contributed by atoms with E-state index >= 15 is 0 Å². The van der Waals surface area contributed by atoms with Crippen LogP contribution >= 0.6 is 0 Å². The van der Waals surface area contributed by atoms with Gasteiger partial charge in [0.25, 0.3) is 0 Å². The molecule has 6 nitrogen and oxygen atoms in total.